The molecule has 0 aliphatic carbocycles. The van der Waals surface area contributed by atoms with E-state index in [0.717, 1.165) is 10.8 Å². The Morgan fingerprint density at radius 1 is 1.50 bits per heavy atom. The molecule has 2 atom stereocenters. The number of allylic oxidation sites excluding steroid dienone is 1. The van der Waals surface area contributed by atoms with Gasteiger partial charge < -0.3 is 9.67 Å². The van der Waals surface area contributed by atoms with Gasteiger partial charge in [-0.25, -0.2) is 4.79 Å². The molecule has 122 valence electrons. The van der Waals surface area contributed by atoms with Gasteiger partial charge in [-0.1, -0.05) is 26.3 Å². The van der Waals surface area contributed by atoms with E-state index in [-0.39, 0.29) is 12.0 Å². The molecule has 0 fully saturated rings. The highest BCUT2D eigenvalue weighted by Gasteiger charge is 2.35. The topological polar surface area (TPSA) is 59.3 Å². The van der Waals surface area contributed by atoms with Crippen molar-refractivity contribution in [3.63, 3.8) is 0 Å². The van der Waals surface area contributed by atoms with Crippen LogP contribution in [0.15, 0.2) is 29.7 Å². The number of carbonyl (C=O) groups is 1. The Hall–Kier alpha value is -2.05. The first-order valence-electron chi connectivity index (χ1n) is 6.79. The molecule has 1 heterocycles. The number of hydrogen-bond donors (Lipinski definition) is 1. The summed E-state index contributed by atoms with van der Waals surface area (Å²) in [6.07, 6.45) is -2.05. The van der Waals surface area contributed by atoms with Crippen LogP contribution in [0.2, 0.25) is 0 Å². The zero-order valence-electron chi connectivity index (χ0n) is 12.4. The Morgan fingerprint density at radius 3 is 2.50 bits per heavy atom. The van der Waals surface area contributed by atoms with E-state index in [1.165, 1.54) is 6.08 Å². The fourth-order valence-corrected chi connectivity index (χ4v) is 2.25. The van der Waals surface area contributed by atoms with Gasteiger partial charge in [0.05, 0.1) is 5.56 Å². The predicted octanol–water partition coefficient (Wildman–Crippen LogP) is 3.27. The zero-order chi connectivity index (χ0) is 17.1. The largest absolute Gasteiger partial charge is 0.480 e. The minimum absolute atomic E-state index is 0.109. The van der Waals surface area contributed by atoms with Crippen LogP contribution in [0.25, 0.3) is 0 Å². The third kappa shape index (κ3) is 3.78. The van der Waals surface area contributed by atoms with E-state index in [0.29, 0.717) is 12.5 Å². The number of nitrogens with zero attached hydrogens (tertiary/aromatic N) is 1. The van der Waals surface area contributed by atoms with Crippen LogP contribution in [0, 0.1) is 5.92 Å². The molecule has 1 N–H and O–H groups in total. The molecule has 0 aliphatic heterocycles. The van der Waals surface area contributed by atoms with Crippen LogP contribution >= 0.6 is 0 Å². The van der Waals surface area contributed by atoms with Crippen molar-refractivity contribution in [2.75, 3.05) is 0 Å². The molecule has 0 radical (unpaired) electrons. The second-order valence-electron chi connectivity index (χ2n) is 5.12. The van der Waals surface area contributed by atoms with Gasteiger partial charge in [-0.2, -0.15) is 13.2 Å². The number of aromatic nitrogens is 1. The van der Waals surface area contributed by atoms with Crippen LogP contribution in [0.5, 0.6) is 0 Å². The Labute approximate surface area is 125 Å². The normalized spacial score (nSPS) is 14.4. The average Bonchev–Trinajstić information content (AvgIpc) is 2.40. The third-order valence-corrected chi connectivity index (χ3v) is 3.57. The molecule has 22 heavy (non-hydrogen) atoms. The molecule has 7 heteroatoms. The van der Waals surface area contributed by atoms with Crippen LogP contribution in [-0.4, -0.2) is 15.6 Å². The van der Waals surface area contributed by atoms with E-state index in [1.54, 1.807) is 13.8 Å². The van der Waals surface area contributed by atoms with Crippen molar-refractivity contribution in [2.45, 2.75) is 38.9 Å². The molecular weight excluding hydrogens is 299 g/mol. The quantitative estimate of drug-likeness (QED) is 0.819. The van der Waals surface area contributed by atoms with Gasteiger partial charge in [-0.3, -0.25) is 4.79 Å². The summed E-state index contributed by atoms with van der Waals surface area (Å²) >= 11 is 0. The lowest BCUT2D eigenvalue weighted by Crippen LogP contribution is -2.34. The van der Waals surface area contributed by atoms with Crippen molar-refractivity contribution in [3.8, 4) is 0 Å². The Balaban J connectivity index is 3.56. The van der Waals surface area contributed by atoms with Gasteiger partial charge in [0.25, 0.3) is 5.56 Å². The summed E-state index contributed by atoms with van der Waals surface area (Å²) in [5.74, 6) is -1.65. The first-order chi connectivity index (χ1) is 10.1. The smallest absolute Gasteiger partial charge is 0.416 e. The maximum absolute atomic E-state index is 13.0. The van der Waals surface area contributed by atoms with E-state index in [1.807, 2.05) is 0 Å². The molecule has 1 rings (SSSR count). The van der Waals surface area contributed by atoms with Gasteiger partial charge >= 0.3 is 12.1 Å². The maximum Gasteiger partial charge on any atom is 0.416 e. The maximum atomic E-state index is 13.0. The summed E-state index contributed by atoms with van der Waals surface area (Å²) in [6, 6.07) is -0.750. The van der Waals surface area contributed by atoms with Crippen LogP contribution in [0.1, 0.15) is 37.4 Å². The van der Waals surface area contributed by atoms with E-state index >= 15 is 0 Å². The molecule has 0 saturated carbocycles. The molecule has 4 nitrogen and oxygen atoms in total. The Kier molecular flexibility index (Phi) is 5.57. The molecule has 0 amide bonds. The second kappa shape index (κ2) is 6.81. The fraction of sp³-hybridized carbons (Fsp3) is 0.467. The van der Waals surface area contributed by atoms with Crippen molar-refractivity contribution in [2.24, 2.45) is 5.92 Å². The molecule has 0 bridgehead atoms. The highest BCUT2D eigenvalue weighted by Crippen LogP contribution is 2.32. The number of hydrogen-bond acceptors (Lipinski definition) is 2. The number of carboxylic acids is 1. The van der Waals surface area contributed by atoms with Crippen molar-refractivity contribution >= 4 is 5.97 Å². The predicted molar refractivity (Wildman–Crippen MR) is 75.7 cm³/mol. The number of rotatable bonds is 6. The monoisotopic (exact) mass is 317 g/mol. The summed E-state index contributed by atoms with van der Waals surface area (Å²) in [4.78, 5) is 23.4. The highest BCUT2D eigenvalue weighted by molar-refractivity contribution is 5.72. The van der Waals surface area contributed by atoms with Gasteiger partial charge in [0.15, 0.2) is 0 Å². The van der Waals surface area contributed by atoms with Gasteiger partial charge in [0.2, 0.25) is 0 Å². The number of carboxylic acid groups (broad SMARTS) is 1. The van der Waals surface area contributed by atoms with E-state index < -0.39 is 35.2 Å². The summed E-state index contributed by atoms with van der Waals surface area (Å²) < 4.78 is 39.8. The first kappa shape index (κ1) is 18.0. The Morgan fingerprint density at radius 2 is 2.09 bits per heavy atom. The molecule has 1 aromatic rings. The lowest BCUT2D eigenvalue weighted by Gasteiger charge is -2.23. The van der Waals surface area contributed by atoms with Crippen LogP contribution in [0.4, 0.5) is 13.2 Å². The van der Waals surface area contributed by atoms with Crippen molar-refractivity contribution in [1.29, 1.82) is 0 Å². The van der Waals surface area contributed by atoms with Crippen LogP contribution in [0.3, 0.4) is 0 Å². The van der Waals surface area contributed by atoms with E-state index in [9.17, 15) is 27.9 Å². The lowest BCUT2D eigenvalue weighted by atomic mass is 9.98. The van der Waals surface area contributed by atoms with E-state index in [2.05, 4.69) is 6.58 Å². The lowest BCUT2D eigenvalue weighted by molar-refractivity contribution is -0.142. The van der Waals surface area contributed by atoms with Gasteiger partial charge in [-0.15, -0.1) is 6.58 Å². The molecule has 0 aliphatic rings. The zero-order valence-corrected chi connectivity index (χ0v) is 12.4. The summed E-state index contributed by atoms with van der Waals surface area (Å²) in [6.45, 7) is 6.78. The Bertz CT molecular complexity index is 619. The minimum Gasteiger partial charge on any atom is -0.480 e. The first-order valence-corrected chi connectivity index (χ1v) is 6.79. The fourth-order valence-electron chi connectivity index (χ4n) is 2.25. The standard InChI is InChI=1S/C15H18F3NO3/c1-4-6-10-8-19(13(14(21)22)9(3)5-2)12(20)7-11(10)15(16,17)18/h4,7-9,13H,1,5-6H2,2-3H3,(H,21,22). The molecule has 0 spiro atoms. The van der Waals surface area contributed by atoms with Gasteiger partial charge in [0.1, 0.15) is 6.04 Å². The number of pyridine rings is 1. The molecule has 2 unspecified atom stereocenters. The SMILES string of the molecule is C=CCc1cn(C(C(=O)O)C(C)CC)c(=O)cc1C(F)(F)F. The number of alkyl halides is 3. The highest BCUT2D eigenvalue weighted by atomic mass is 19.4. The summed E-state index contributed by atoms with van der Waals surface area (Å²) in [5.41, 5.74) is -2.20. The summed E-state index contributed by atoms with van der Waals surface area (Å²) in [5, 5.41) is 9.30. The van der Waals surface area contributed by atoms with Gasteiger partial charge in [-0.05, 0) is 17.9 Å². The molecule has 0 aromatic carbocycles. The average molecular weight is 317 g/mol. The molecular formula is C15H18F3NO3. The number of aliphatic carboxylic acids is 1. The number of halogens is 3. The van der Waals surface area contributed by atoms with Crippen LogP contribution < -0.4 is 5.56 Å². The minimum atomic E-state index is -4.67. The van der Waals surface area contributed by atoms with Crippen molar-refractivity contribution < 1.29 is 23.1 Å². The van der Waals surface area contributed by atoms with Crippen LogP contribution in [-0.2, 0) is 17.4 Å². The van der Waals surface area contributed by atoms with Crippen molar-refractivity contribution in [3.05, 3.63) is 46.4 Å². The van der Waals surface area contributed by atoms with E-state index in [4.69, 9.17) is 0 Å². The molecule has 1 aromatic heterocycles. The molecule has 0 saturated heterocycles. The van der Waals surface area contributed by atoms with Gasteiger partial charge in [0, 0.05) is 12.3 Å². The van der Waals surface area contributed by atoms with Crippen molar-refractivity contribution in [1.82, 2.24) is 4.57 Å². The summed E-state index contributed by atoms with van der Waals surface area (Å²) in [7, 11) is 0. The third-order valence-electron chi connectivity index (χ3n) is 3.57. The second-order valence-corrected chi connectivity index (χ2v) is 5.12.